The number of urea groups is 2. The van der Waals surface area contributed by atoms with Crippen molar-refractivity contribution in [1.29, 1.82) is 0 Å². The van der Waals surface area contributed by atoms with Gasteiger partial charge in [-0.05, 0) is 23.3 Å². The highest BCUT2D eigenvalue weighted by molar-refractivity contribution is 5.89. The number of nitrogens with zero attached hydrogens (tertiary/aromatic N) is 1. The van der Waals surface area contributed by atoms with Gasteiger partial charge in [-0.3, -0.25) is 0 Å². The molecule has 0 bridgehead atoms. The largest absolute Gasteiger partial charge is 0.336 e. The van der Waals surface area contributed by atoms with Gasteiger partial charge in [0.25, 0.3) is 0 Å². The summed E-state index contributed by atoms with van der Waals surface area (Å²) >= 11 is 0. The van der Waals surface area contributed by atoms with E-state index < -0.39 is 0 Å². The molecule has 2 aromatic rings. The van der Waals surface area contributed by atoms with Crippen molar-refractivity contribution in [3.63, 3.8) is 0 Å². The fraction of sp³-hybridized carbons (Fsp3) is 0.222. The maximum Gasteiger partial charge on any atom is 0.319 e. The van der Waals surface area contributed by atoms with Gasteiger partial charge in [0.15, 0.2) is 0 Å². The van der Waals surface area contributed by atoms with Crippen molar-refractivity contribution in [3.8, 4) is 11.1 Å². The summed E-state index contributed by atoms with van der Waals surface area (Å²) in [7, 11) is 3.32. The normalized spacial score (nSPS) is 9.92. The Morgan fingerprint density at radius 3 is 2.04 bits per heavy atom. The smallest absolute Gasteiger partial charge is 0.319 e. The molecule has 2 rings (SSSR count). The Balaban J connectivity index is 1.77. The van der Waals surface area contributed by atoms with Crippen molar-refractivity contribution in [1.82, 2.24) is 15.5 Å². The highest BCUT2D eigenvalue weighted by atomic mass is 16.2. The van der Waals surface area contributed by atoms with E-state index in [4.69, 9.17) is 0 Å². The summed E-state index contributed by atoms with van der Waals surface area (Å²) in [5.41, 5.74) is 2.93. The number of carbonyl (C=O) groups excluding carboxylic acids is 2. The van der Waals surface area contributed by atoms with E-state index >= 15 is 0 Å². The molecule has 0 spiro atoms. The minimum Gasteiger partial charge on any atom is -0.336 e. The second kappa shape index (κ2) is 8.57. The van der Waals surface area contributed by atoms with Gasteiger partial charge in [-0.2, -0.15) is 0 Å². The van der Waals surface area contributed by atoms with Gasteiger partial charge < -0.3 is 20.9 Å². The lowest BCUT2D eigenvalue weighted by molar-refractivity contribution is 0.217. The van der Waals surface area contributed by atoms with E-state index in [2.05, 4.69) is 16.0 Å². The number of hydrogen-bond donors (Lipinski definition) is 3. The van der Waals surface area contributed by atoms with Crippen molar-refractivity contribution >= 4 is 17.7 Å². The predicted octanol–water partition coefficient (Wildman–Crippen LogP) is 2.75. The van der Waals surface area contributed by atoms with Gasteiger partial charge in [0.1, 0.15) is 0 Å². The Kier molecular flexibility index (Phi) is 6.19. The highest BCUT2D eigenvalue weighted by Crippen LogP contribution is 2.20. The zero-order valence-electron chi connectivity index (χ0n) is 13.9. The number of nitrogens with one attached hydrogen (secondary N) is 3. The zero-order chi connectivity index (χ0) is 17.4. The lowest BCUT2D eigenvalue weighted by atomic mass is 10.1. The maximum absolute atomic E-state index is 11.8. The summed E-state index contributed by atoms with van der Waals surface area (Å²) < 4.78 is 0. The third-order valence-corrected chi connectivity index (χ3v) is 3.34. The van der Waals surface area contributed by atoms with E-state index in [0.29, 0.717) is 18.8 Å². The lowest BCUT2D eigenvalue weighted by Crippen LogP contribution is -2.40. The zero-order valence-corrected chi connectivity index (χ0v) is 13.9. The first-order valence-corrected chi connectivity index (χ1v) is 7.72. The second-order valence-electron chi connectivity index (χ2n) is 5.45. The minimum atomic E-state index is -0.304. The Morgan fingerprint density at radius 2 is 1.42 bits per heavy atom. The predicted molar refractivity (Wildman–Crippen MR) is 96.0 cm³/mol. The van der Waals surface area contributed by atoms with Crippen molar-refractivity contribution in [2.45, 2.75) is 0 Å². The fourth-order valence-electron chi connectivity index (χ4n) is 2.06. The average Bonchev–Trinajstić information content (AvgIpc) is 2.60. The number of carbonyl (C=O) groups is 2. The van der Waals surface area contributed by atoms with Crippen LogP contribution in [0.5, 0.6) is 0 Å². The van der Waals surface area contributed by atoms with Gasteiger partial charge in [-0.1, -0.05) is 42.5 Å². The van der Waals surface area contributed by atoms with Crippen molar-refractivity contribution in [2.75, 3.05) is 32.5 Å². The number of amides is 4. The van der Waals surface area contributed by atoms with Crippen molar-refractivity contribution in [2.24, 2.45) is 0 Å². The van der Waals surface area contributed by atoms with E-state index in [1.165, 1.54) is 4.90 Å². The number of hydrogen-bond acceptors (Lipinski definition) is 2. The van der Waals surface area contributed by atoms with Crippen LogP contribution in [0.3, 0.4) is 0 Å². The van der Waals surface area contributed by atoms with Crippen molar-refractivity contribution in [3.05, 3.63) is 54.6 Å². The molecule has 0 radical (unpaired) electrons. The Hall–Kier alpha value is -3.02. The molecule has 126 valence electrons. The summed E-state index contributed by atoms with van der Waals surface area (Å²) in [5.74, 6) is 0. The third-order valence-electron chi connectivity index (χ3n) is 3.34. The lowest BCUT2D eigenvalue weighted by Gasteiger charge is -2.12. The molecule has 0 unspecified atom stereocenters. The van der Waals surface area contributed by atoms with E-state index in [-0.39, 0.29) is 12.1 Å². The third kappa shape index (κ3) is 5.31. The average molecular weight is 326 g/mol. The first kappa shape index (κ1) is 17.3. The van der Waals surface area contributed by atoms with E-state index in [1.54, 1.807) is 14.1 Å². The molecule has 0 saturated heterocycles. The summed E-state index contributed by atoms with van der Waals surface area (Å²) in [6, 6.07) is 17.2. The van der Waals surface area contributed by atoms with Gasteiger partial charge in [-0.15, -0.1) is 0 Å². The van der Waals surface area contributed by atoms with Crippen LogP contribution < -0.4 is 16.0 Å². The van der Waals surface area contributed by atoms with Crippen LogP contribution in [0.2, 0.25) is 0 Å². The van der Waals surface area contributed by atoms with Crippen LogP contribution in [0.15, 0.2) is 54.6 Å². The van der Waals surface area contributed by atoms with Crippen LogP contribution in [0.4, 0.5) is 15.3 Å². The highest BCUT2D eigenvalue weighted by Gasteiger charge is 2.04. The van der Waals surface area contributed by atoms with E-state index in [9.17, 15) is 9.59 Å². The molecule has 0 aromatic heterocycles. The molecule has 0 aliphatic heterocycles. The van der Waals surface area contributed by atoms with Crippen LogP contribution in [0.25, 0.3) is 11.1 Å². The summed E-state index contributed by atoms with van der Waals surface area (Å²) in [6.07, 6.45) is 0. The SMILES string of the molecule is CN(C)C(=O)NCCNC(=O)Nc1ccc(-c2ccccc2)cc1. The van der Waals surface area contributed by atoms with Gasteiger partial charge in [0.2, 0.25) is 0 Å². The second-order valence-corrected chi connectivity index (χ2v) is 5.45. The molecule has 24 heavy (non-hydrogen) atoms. The molecule has 4 amide bonds. The Bertz CT molecular complexity index is 669. The molecule has 0 aliphatic carbocycles. The molecule has 6 heteroatoms. The van der Waals surface area contributed by atoms with Crippen LogP contribution in [0.1, 0.15) is 0 Å². The topological polar surface area (TPSA) is 73.5 Å². The van der Waals surface area contributed by atoms with Crippen molar-refractivity contribution < 1.29 is 9.59 Å². The van der Waals surface area contributed by atoms with E-state index in [1.807, 2.05) is 54.6 Å². The first-order valence-electron chi connectivity index (χ1n) is 7.72. The summed E-state index contributed by atoms with van der Waals surface area (Å²) in [5, 5.41) is 8.12. The quantitative estimate of drug-likeness (QED) is 0.739. The molecule has 0 fully saturated rings. The molecular weight excluding hydrogens is 304 g/mol. The molecular formula is C18H22N4O2. The summed E-state index contributed by atoms with van der Waals surface area (Å²) in [4.78, 5) is 24.6. The molecule has 3 N–H and O–H groups in total. The van der Waals surface area contributed by atoms with Crippen LogP contribution in [-0.4, -0.2) is 44.1 Å². The molecule has 0 saturated carbocycles. The molecule has 0 aliphatic rings. The Morgan fingerprint density at radius 1 is 0.833 bits per heavy atom. The minimum absolute atomic E-state index is 0.186. The number of rotatable bonds is 5. The molecule has 0 atom stereocenters. The molecule has 0 heterocycles. The first-order chi connectivity index (χ1) is 11.6. The monoisotopic (exact) mass is 326 g/mol. The molecule has 6 nitrogen and oxygen atoms in total. The molecule has 2 aromatic carbocycles. The number of anilines is 1. The maximum atomic E-state index is 11.8. The Labute approximate surface area is 141 Å². The van der Waals surface area contributed by atoms with E-state index in [0.717, 1.165) is 11.1 Å². The fourth-order valence-corrected chi connectivity index (χ4v) is 2.06. The van der Waals surface area contributed by atoms with Gasteiger partial charge in [0, 0.05) is 32.9 Å². The van der Waals surface area contributed by atoms with Gasteiger partial charge in [-0.25, -0.2) is 9.59 Å². The standard InChI is InChI=1S/C18H22N4O2/c1-22(2)18(24)20-13-12-19-17(23)21-16-10-8-15(9-11-16)14-6-4-3-5-7-14/h3-11H,12-13H2,1-2H3,(H,20,24)(H2,19,21,23). The van der Waals surface area contributed by atoms with Crippen LogP contribution in [0, 0.1) is 0 Å². The summed E-state index contributed by atoms with van der Waals surface area (Å²) in [6.45, 7) is 0.727. The van der Waals surface area contributed by atoms with Crippen LogP contribution in [-0.2, 0) is 0 Å². The van der Waals surface area contributed by atoms with Crippen LogP contribution >= 0.6 is 0 Å². The van der Waals surface area contributed by atoms with Gasteiger partial charge >= 0.3 is 12.1 Å². The van der Waals surface area contributed by atoms with Gasteiger partial charge in [0.05, 0.1) is 0 Å². The number of benzene rings is 2.